The molecule has 43 valence electrons. The van der Waals surface area contributed by atoms with Crippen LogP contribution < -0.4 is 5.73 Å². The highest BCUT2D eigenvalue weighted by atomic mass is 14.6. The van der Waals surface area contributed by atoms with Gasteiger partial charge in [-0.2, -0.15) is 0 Å². The fourth-order valence-electron chi connectivity index (χ4n) is 0.363. The summed E-state index contributed by atoms with van der Waals surface area (Å²) in [7, 11) is 3.61. The number of hydrogen-bond acceptors (Lipinski definition) is 2. The molecule has 0 aromatic carbocycles. The first-order valence-corrected chi connectivity index (χ1v) is 2.48. The average Bonchev–Trinajstić information content (AvgIpc) is 1.83. The van der Waals surface area contributed by atoms with E-state index in [4.69, 9.17) is 5.73 Å². The lowest BCUT2D eigenvalue weighted by Crippen LogP contribution is -1.96. The molecule has 0 amide bonds. The Morgan fingerprint density at radius 3 is 2.50 bits per heavy atom. The van der Waals surface area contributed by atoms with Crippen molar-refractivity contribution in [2.45, 2.75) is 6.82 Å². The Morgan fingerprint density at radius 1 is 1.75 bits per heavy atom. The predicted octanol–water partition coefficient (Wildman–Crippen LogP) is 0.239. The molecule has 0 bridgehead atoms. The van der Waals surface area contributed by atoms with E-state index in [9.17, 15) is 0 Å². The zero-order valence-electron chi connectivity index (χ0n) is 5.26. The normalized spacial score (nSPS) is 12.5. The van der Waals surface area contributed by atoms with Crippen molar-refractivity contribution in [2.24, 2.45) is 10.7 Å². The Balaban J connectivity index is 3.72. The van der Waals surface area contributed by atoms with Gasteiger partial charge in [-0.3, -0.25) is 4.99 Å². The molecule has 2 nitrogen and oxygen atoms in total. The third kappa shape index (κ3) is 2.45. The summed E-state index contributed by atoms with van der Waals surface area (Å²) >= 11 is 0. The van der Waals surface area contributed by atoms with Crippen molar-refractivity contribution in [3.63, 3.8) is 0 Å². The Morgan fingerprint density at radius 2 is 2.38 bits per heavy atom. The van der Waals surface area contributed by atoms with E-state index < -0.39 is 0 Å². The van der Waals surface area contributed by atoms with Gasteiger partial charge in [0, 0.05) is 13.3 Å². The minimum absolute atomic E-state index is 0.951. The van der Waals surface area contributed by atoms with Crippen LogP contribution in [0.3, 0.4) is 0 Å². The summed E-state index contributed by atoms with van der Waals surface area (Å²) in [4.78, 5) is 3.77. The van der Waals surface area contributed by atoms with E-state index in [-0.39, 0.29) is 0 Å². The molecule has 0 heterocycles. The van der Waals surface area contributed by atoms with Gasteiger partial charge in [-0.1, -0.05) is 12.3 Å². The minimum Gasteiger partial charge on any atom is -0.405 e. The number of hydrogen-bond donors (Lipinski definition) is 1. The summed E-state index contributed by atoms with van der Waals surface area (Å²) in [6.07, 6.45) is 3.23. The van der Waals surface area contributed by atoms with Crippen LogP contribution >= 0.6 is 0 Å². The molecular weight excluding hydrogens is 98.9 g/mol. The number of allylic oxidation sites excluding steroid dienone is 1. The second kappa shape index (κ2) is 4.43. The van der Waals surface area contributed by atoms with Gasteiger partial charge in [0.1, 0.15) is 0 Å². The van der Waals surface area contributed by atoms with Gasteiger partial charge in [0.05, 0.1) is 0 Å². The van der Waals surface area contributed by atoms with E-state index in [1.165, 1.54) is 6.20 Å². The van der Waals surface area contributed by atoms with E-state index in [1.54, 1.807) is 13.3 Å². The van der Waals surface area contributed by atoms with Crippen LogP contribution in [-0.2, 0) is 0 Å². The Labute approximate surface area is 50.7 Å². The zero-order chi connectivity index (χ0) is 6.41. The number of nitrogens with two attached hydrogens (primary N) is 1. The second-order valence-electron chi connectivity index (χ2n) is 1.34. The first kappa shape index (κ1) is 7.27. The van der Waals surface area contributed by atoms with E-state index in [0.717, 1.165) is 5.47 Å². The summed E-state index contributed by atoms with van der Waals surface area (Å²) in [5, 5.41) is 0. The molecule has 0 saturated carbocycles. The molecule has 0 unspecified atom stereocenters. The molecule has 0 fully saturated rings. The van der Waals surface area contributed by atoms with E-state index in [2.05, 4.69) is 4.99 Å². The highest BCUT2D eigenvalue weighted by Gasteiger charge is 1.84. The fraction of sp³-hybridized carbons (Fsp3) is 0.400. The molecular formula is C5H10BN2. The molecule has 0 aromatic rings. The lowest BCUT2D eigenvalue weighted by atomic mass is 9.73. The summed E-state index contributed by atoms with van der Waals surface area (Å²) in [6.45, 7) is 1.92. The van der Waals surface area contributed by atoms with Crippen LogP contribution in [-0.4, -0.2) is 20.5 Å². The van der Waals surface area contributed by atoms with Crippen LogP contribution in [0, 0.1) is 0 Å². The maximum Gasteiger partial charge on any atom is 0.152 e. The monoisotopic (exact) mass is 109 g/mol. The molecule has 8 heavy (non-hydrogen) atoms. The smallest absolute Gasteiger partial charge is 0.152 e. The van der Waals surface area contributed by atoms with Crippen molar-refractivity contribution in [3.8, 4) is 0 Å². The third-order valence-electron chi connectivity index (χ3n) is 0.804. The van der Waals surface area contributed by atoms with Gasteiger partial charge in [-0.25, -0.2) is 0 Å². The molecule has 0 saturated heterocycles. The van der Waals surface area contributed by atoms with Crippen LogP contribution in [0.15, 0.2) is 16.7 Å². The summed E-state index contributed by atoms with van der Waals surface area (Å²) < 4.78 is 0. The molecule has 0 spiro atoms. The molecule has 2 N–H and O–H groups in total. The molecule has 0 rings (SSSR count). The lowest BCUT2D eigenvalue weighted by molar-refractivity contribution is 1.46. The van der Waals surface area contributed by atoms with Crippen LogP contribution in [0.1, 0.15) is 0 Å². The van der Waals surface area contributed by atoms with Gasteiger partial charge in [-0.05, 0) is 6.20 Å². The first-order chi connectivity index (χ1) is 3.85. The van der Waals surface area contributed by atoms with Crippen molar-refractivity contribution in [1.29, 1.82) is 0 Å². The van der Waals surface area contributed by atoms with Gasteiger partial charge in [0.15, 0.2) is 7.28 Å². The van der Waals surface area contributed by atoms with Gasteiger partial charge in [-0.15, -0.1) is 0 Å². The van der Waals surface area contributed by atoms with Crippen molar-refractivity contribution in [3.05, 3.63) is 11.7 Å². The van der Waals surface area contributed by atoms with Crippen molar-refractivity contribution >= 4 is 13.5 Å². The summed E-state index contributed by atoms with van der Waals surface area (Å²) in [5.74, 6) is 0. The number of rotatable bonds is 2. The molecule has 0 aromatic heterocycles. The molecule has 0 aliphatic carbocycles. The Hall–Kier alpha value is -0.725. The molecule has 0 atom stereocenters. The van der Waals surface area contributed by atoms with Gasteiger partial charge in [0.2, 0.25) is 0 Å². The summed E-state index contributed by atoms with van der Waals surface area (Å²) in [5.41, 5.74) is 6.14. The van der Waals surface area contributed by atoms with Crippen LogP contribution in [0.25, 0.3) is 0 Å². The topological polar surface area (TPSA) is 38.4 Å². The average molecular weight is 109 g/mol. The predicted molar refractivity (Wildman–Crippen MR) is 38.3 cm³/mol. The van der Waals surface area contributed by atoms with E-state index in [1.807, 2.05) is 14.1 Å². The molecule has 1 radical (unpaired) electrons. The van der Waals surface area contributed by atoms with Gasteiger partial charge >= 0.3 is 0 Å². The highest BCUT2D eigenvalue weighted by molar-refractivity contribution is 6.50. The van der Waals surface area contributed by atoms with Gasteiger partial charge in [0.25, 0.3) is 0 Å². The van der Waals surface area contributed by atoms with Crippen LogP contribution in [0.4, 0.5) is 0 Å². The van der Waals surface area contributed by atoms with Crippen LogP contribution in [0.2, 0.25) is 6.82 Å². The summed E-state index contributed by atoms with van der Waals surface area (Å²) in [6, 6.07) is 0. The lowest BCUT2D eigenvalue weighted by Gasteiger charge is -1.87. The maximum atomic E-state index is 5.18. The Bertz CT molecular complexity index is 104. The van der Waals surface area contributed by atoms with Gasteiger partial charge < -0.3 is 5.73 Å². The quantitative estimate of drug-likeness (QED) is 0.400. The molecule has 0 aliphatic rings. The van der Waals surface area contributed by atoms with E-state index in [0.29, 0.717) is 0 Å². The number of aliphatic imine (C=N–C) groups is 1. The zero-order valence-corrected chi connectivity index (χ0v) is 5.26. The molecule has 3 heteroatoms. The standard InChI is InChI=1S/C5H10BN2/c1-6-5(3-7)4-8-2/h3-4H,7H2,1-2H3. The molecule has 0 aliphatic heterocycles. The third-order valence-corrected chi connectivity index (χ3v) is 0.804. The number of nitrogens with zero attached hydrogens (tertiary/aromatic N) is 1. The maximum absolute atomic E-state index is 5.18. The first-order valence-electron chi connectivity index (χ1n) is 2.48. The second-order valence-corrected chi connectivity index (χ2v) is 1.34. The SMILES string of the molecule is C[B]C(C=NC)=CN. The van der Waals surface area contributed by atoms with Crippen LogP contribution in [0.5, 0.6) is 0 Å². The largest absolute Gasteiger partial charge is 0.405 e. The highest BCUT2D eigenvalue weighted by Crippen LogP contribution is 1.80. The van der Waals surface area contributed by atoms with E-state index >= 15 is 0 Å². The van der Waals surface area contributed by atoms with Crippen molar-refractivity contribution < 1.29 is 0 Å². The Kier molecular flexibility index (Phi) is 4.03. The fourth-order valence-corrected chi connectivity index (χ4v) is 0.363. The minimum atomic E-state index is 0.951. The van der Waals surface area contributed by atoms with Crippen molar-refractivity contribution in [1.82, 2.24) is 0 Å². The van der Waals surface area contributed by atoms with Crippen molar-refractivity contribution in [2.75, 3.05) is 7.05 Å².